The number of hydrogen-bond acceptors (Lipinski definition) is 3. The number of nitrogens with zero attached hydrogens (tertiary/aromatic N) is 1. The largest absolute Gasteiger partial charge is 0.508 e. The average molecular weight is 262 g/mol. The van der Waals surface area contributed by atoms with E-state index in [0.29, 0.717) is 24.7 Å². The van der Waals surface area contributed by atoms with E-state index in [2.05, 4.69) is 0 Å². The monoisotopic (exact) mass is 262 g/mol. The van der Waals surface area contributed by atoms with Gasteiger partial charge in [0, 0.05) is 24.7 Å². The first kappa shape index (κ1) is 13.9. The average Bonchev–Trinajstić information content (AvgIpc) is 2.92. The summed E-state index contributed by atoms with van der Waals surface area (Å²) in [7, 11) is 0. The zero-order chi connectivity index (χ0) is 13.7. The lowest BCUT2D eigenvalue weighted by molar-refractivity contribution is -0.132. The van der Waals surface area contributed by atoms with Gasteiger partial charge in [-0.25, -0.2) is 0 Å². The summed E-state index contributed by atoms with van der Waals surface area (Å²) < 4.78 is 0. The first-order valence-corrected chi connectivity index (χ1v) is 6.98. The van der Waals surface area contributed by atoms with Crippen molar-refractivity contribution in [2.75, 3.05) is 13.1 Å². The molecule has 1 aromatic carbocycles. The van der Waals surface area contributed by atoms with Gasteiger partial charge in [0.15, 0.2) is 0 Å². The first-order chi connectivity index (χ1) is 9.22. The van der Waals surface area contributed by atoms with Gasteiger partial charge in [-0.2, -0.15) is 0 Å². The summed E-state index contributed by atoms with van der Waals surface area (Å²) in [6.45, 7) is 1.10. The standard InChI is InChI=1S/C15H22N2O2/c16-9-10-17(13-6-2-3-7-13)15(19)11-12-5-1-4-8-14(12)18/h1,4-5,8,13,18H,2-3,6-7,9-11,16H2. The van der Waals surface area contributed by atoms with E-state index < -0.39 is 0 Å². The van der Waals surface area contributed by atoms with Crippen LogP contribution in [0.15, 0.2) is 24.3 Å². The quantitative estimate of drug-likeness (QED) is 0.848. The van der Waals surface area contributed by atoms with Gasteiger partial charge in [0.1, 0.15) is 5.75 Å². The van der Waals surface area contributed by atoms with Crippen LogP contribution >= 0.6 is 0 Å². The van der Waals surface area contributed by atoms with Crippen molar-refractivity contribution in [3.8, 4) is 5.75 Å². The van der Waals surface area contributed by atoms with E-state index in [9.17, 15) is 9.90 Å². The molecule has 0 heterocycles. The lowest BCUT2D eigenvalue weighted by atomic mass is 10.1. The summed E-state index contributed by atoms with van der Waals surface area (Å²) >= 11 is 0. The zero-order valence-corrected chi connectivity index (χ0v) is 11.2. The molecular weight excluding hydrogens is 240 g/mol. The van der Waals surface area contributed by atoms with Gasteiger partial charge in [0.05, 0.1) is 6.42 Å². The van der Waals surface area contributed by atoms with Crippen molar-refractivity contribution >= 4 is 5.91 Å². The minimum atomic E-state index is 0.0684. The maximum Gasteiger partial charge on any atom is 0.227 e. The highest BCUT2D eigenvalue weighted by Gasteiger charge is 2.26. The Morgan fingerprint density at radius 2 is 2.00 bits per heavy atom. The highest BCUT2D eigenvalue weighted by molar-refractivity contribution is 5.79. The Labute approximate surface area is 114 Å². The Hall–Kier alpha value is -1.55. The molecule has 4 nitrogen and oxygen atoms in total. The van der Waals surface area contributed by atoms with Crippen molar-refractivity contribution in [3.05, 3.63) is 29.8 Å². The van der Waals surface area contributed by atoms with Crippen LogP contribution in [-0.2, 0) is 11.2 Å². The van der Waals surface area contributed by atoms with Gasteiger partial charge in [-0.05, 0) is 18.9 Å². The predicted octanol–water partition coefficient (Wildman–Crippen LogP) is 1.66. The van der Waals surface area contributed by atoms with Crippen LogP contribution in [0.5, 0.6) is 5.75 Å². The van der Waals surface area contributed by atoms with Gasteiger partial charge in [-0.1, -0.05) is 31.0 Å². The zero-order valence-electron chi connectivity index (χ0n) is 11.2. The molecule has 0 atom stereocenters. The third kappa shape index (κ3) is 3.47. The van der Waals surface area contributed by atoms with E-state index in [-0.39, 0.29) is 18.1 Å². The number of rotatable bonds is 5. The number of benzene rings is 1. The molecule has 1 amide bonds. The molecule has 3 N–H and O–H groups in total. The minimum Gasteiger partial charge on any atom is -0.508 e. The fourth-order valence-electron chi connectivity index (χ4n) is 2.79. The first-order valence-electron chi connectivity index (χ1n) is 6.98. The van der Waals surface area contributed by atoms with Gasteiger partial charge in [-0.3, -0.25) is 4.79 Å². The molecule has 104 valence electrons. The highest BCUT2D eigenvalue weighted by atomic mass is 16.3. The number of hydrogen-bond donors (Lipinski definition) is 2. The van der Waals surface area contributed by atoms with Crippen LogP contribution in [0.3, 0.4) is 0 Å². The van der Waals surface area contributed by atoms with Crippen LogP contribution in [0, 0.1) is 0 Å². The van der Waals surface area contributed by atoms with Crippen LogP contribution in [0.4, 0.5) is 0 Å². The third-order valence-electron chi connectivity index (χ3n) is 3.79. The van der Waals surface area contributed by atoms with Crippen molar-refractivity contribution in [2.24, 2.45) is 5.73 Å². The number of phenols is 1. The van der Waals surface area contributed by atoms with Gasteiger partial charge in [0.2, 0.25) is 5.91 Å². The lowest BCUT2D eigenvalue weighted by Crippen LogP contribution is -2.42. The van der Waals surface area contributed by atoms with Crippen molar-refractivity contribution < 1.29 is 9.90 Å². The molecule has 1 aromatic rings. The number of carbonyl (C=O) groups is 1. The van der Waals surface area contributed by atoms with Crippen molar-refractivity contribution in [3.63, 3.8) is 0 Å². The van der Waals surface area contributed by atoms with E-state index in [1.165, 1.54) is 12.8 Å². The van der Waals surface area contributed by atoms with Crippen molar-refractivity contribution in [1.29, 1.82) is 0 Å². The van der Waals surface area contributed by atoms with Crippen LogP contribution in [0.2, 0.25) is 0 Å². The summed E-state index contributed by atoms with van der Waals surface area (Å²) in [5.74, 6) is 0.258. The molecule has 1 aliphatic rings. The van der Waals surface area contributed by atoms with Gasteiger partial charge < -0.3 is 15.7 Å². The molecule has 2 rings (SSSR count). The van der Waals surface area contributed by atoms with Crippen molar-refractivity contribution in [1.82, 2.24) is 4.90 Å². The molecule has 0 aliphatic heterocycles. The number of para-hydroxylation sites is 1. The van der Waals surface area contributed by atoms with E-state index in [1.54, 1.807) is 18.2 Å². The van der Waals surface area contributed by atoms with E-state index >= 15 is 0 Å². The summed E-state index contributed by atoms with van der Waals surface area (Å²) in [5, 5.41) is 9.74. The second-order valence-electron chi connectivity index (χ2n) is 5.12. The Morgan fingerprint density at radius 3 is 2.63 bits per heavy atom. The molecule has 1 aliphatic carbocycles. The Morgan fingerprint density at radius 1 is 1.32 bits per heavy atom. The molecule has 4 heteroatoms. The molecule has 0 bridgehead atoms. The number of aromatic hydroxyl groups is 1. The summed E-state index contributed by atoms with van der Waals surface area (Å²) in [4.78, 5) is 14.3. The highest BCUT2D eigenvalue weighted by Crippen LogP contribution is 2.25. The molecule has 19 heavy (non-hydrogen) atoms. The SMILES string of the molecule is NCCN(C(=O)Cc1ccccc1O)C1CCCC1. The van der Waals surface area contributed by atoms with Crippen LogP contribution < -0.4 is 5.73 Å². The van der Waals surface area contributed by atoms with Gasteiger partial charge in [0.25, 0.3) is 0 Å². The van der Waals surface area contributed by atoms with E-state index in [0.717, 1.165) is 12.8 Å². The minimum absolute atomic E-state index is 0.0684. The third-order valence-corrected chi connectivity index (χ3v) is 3.79. The predicted molar refractivity (Wildman–Crippen MR) is 74.8 cm³/mol. The summed E-state index contributed by atoms with van der Waals surface area (Å²) in [6.07, 6.45) is 4.79. The number of phenolic OH excluding ortho intramolecular Hbond substituents is 1. The topological polar surface area (TPSA) is 66.6 Å². The second kappa shape index (κ2) is 6.57. The molecule has 0 aromatic heterocycles. The normalized spacial score (nSPS) is 15.6. The fourth-order valence-corrected chi connectivity index (χ4v) is 2.79. The maximum atomic E-state index is 12.4. The number of amides is 1. The van der Waals surface area contributed by atoms with Crippen LogP contribution in [0.1, 0.15) is 31.2 Å². The van der Waals surface area contributed by atoms with Crippen LogP contribution in [0.25, 0.3) is 0 Å². The fraction of sp³-hybridized carbons (Fsp3) is 0.533. The Kier molecular flexibility index (Phi) is 4.80. The number of nitrogens with two attached hydrogens (primary N) is 1. The molecule has 0 unspecified atom stereocenters. The summed E-state index contributed by atoms with van der Waals surface area (Å²) in [5.41, 5.74) is 6.30. The molecule has 0 spiro atoms. The van der Waals surface area contributed by atoms with Crippen LogP contribution in [-0.4, -0.2) is 35.0 Å². The molecule has 0 saturated heterocycles. The molecule has 0 radical (unpaired) electrons. The van der Waals surface area contributed by atoms with E-state index in [4.69, 9.17) is 5.73 Å². The Bertz CT molecular complexity index is 428. The lowest BCUT2D eigenvalue weighted by Gasteiger charge is -2.28. The molecular formula is C15H22N2O2. The maximum absolute atomic E-state index is 12.4. The second-order valence-corrected chi connectivity index (χ2v) is 5.12. The summed E-state index contributed by atoms with van der Waals surface area (Å²) in [6, 6.07) is 7.35. The Balaban J connectivity index is 2.05. The number of carbonyl (C=O) groups excluding carboxylic acids is 1. The van der Waals surface area contributed by atoms with Crippen molar-refractivity contribution in [2.45, 2.75) is 38.1 Å². The molecule has 1 saturated carbocycles. The molecule has 1 fully saturated rings. The van der Waals surface area contributed by atoms with Gasteiger partial charge in [-0.15, -0.1) is 0 Å². The van der Waals surface area contributed by atoms with Gasteiger partial charge >= 0.3 is 0 Å². The van der Waals surface area contributed by atoms with E-state index in [1.807, 2.05) is 11.0 Å². The smallest absolute Gasteiger partial charge is 0.227 e.